The summed E-state index contributed by atoms with van der Waals surface area (Å²) in [5.74, 6) is -0.425. The lowest BCUT2D eigenvalue weighted by Crippen LogP contribution is -2.36. The fourth-order valence-corrected chi connectivity index (χ4v) is 2.62. The van der Waals surface area contributed by atoms with Gasteiger partial charge in [0, 0.05) is 26.2 Å². The van der Waals surface area contributed by atoms with Crippen molar-refractivity contribution in [3.05, 3.63) is 35.6 Å². The SMILES string of the molecule is O=C(Cc1ccc(F)cc1)N1CCCN(CCC(F)(F)F)CC1.O=CO. The lowest BCUT2D eigenvalue weighted by molar-refractivity contribution is -0.138. The van der Waals surface area contributed by atoms with Crippen LogP contribution in [0.3, 0.4) is 0 Å². The summed E-state index contributed by atoms with van der Waals surface area (Å²) in [6.07, 6.45) is -4.13. The summed E-state index contributed by atoms with van der Waals surface area (Å²) < 4.78 is 49.7. The van der Waals surface area contributed by atoms with Crippen LogP contribution in [0.2, 0.25) is 0 Å². The minimum atomic E-state index is -4.15. The maximum Gasteiger partial charge on any atom is 0.390 e. The summed E-state index contributed by atoms with van der Waals surface area (Å²) in [5.41, 5.74) is 0.731. The Morgan fingerprint density at radius 3 is 2.31 bits per heavy atom. The number of benzene rings is 1. The number of nitrogens with zero attached hydrogens (tertiary/aromatic N) is 2. The first-order chi connectivity index (χ1) is 12.2. The van der Waals surface area contributed by atoms with Gasteiger partial charge in [0.05, 0.1) is 12.8 Å². The van der Waals surface area contributed by atoms with Crippen LogP contribution in [0.25, 0.3) is 0 Å². The van der Waals surface area contributed by atoms with E-state index >= 15 is 0 Å². The topological polar surface area (TPSA) is 60.9 Å². The molecule has 5 nitrogen and oxygen atoms in total. The number of amides is 1. The standard InChI is InChI=1S/C16H20F4N2O.CH2O2/c17-14-4-2-13(3-5-14)12-15(23)22-8-1-7-21(10-11-22)9-6-16(18,19)20;2-1-3/h2-5H,1,6-12H2;1H,(H,2,3). The zero-order valence-electron chi connectivity index (χ0n) is 14.2. The number of carboxylic acid groups (broad SMARTS) is 1. The third-order valence-electron chi connectivity index (χ3n) is 3.92. The highest BCUT2D eigenvalue weighted by Crippen LogP contribution is 2.20. The molecule has 0 aliphatic carbocycles. The predicted octanol–water partition coefficient (Wildman–Crippen LogP) is 2.56. The summed E-state index contributed by atoms with van der Waals surface area (Å²) in [6.45, 7) is 1.71. The maximum atomic E-state index is 12.9. The molecule has 1 N–H and O–H groups in total. The number of hydrogen-bond acceptors (Lipinski definition) is 3. The van der Waals surface area contributed by atoms with E-state index in [1.165, 1.54) is 12.1 Å². The van der Waals surface area contributed by atoms with Gasteiger partial charge in [0.15, 0.2) is 0 Å². The Labute approximate surface area is 149 Å². The zero-order valence-corrected chi connectivity index (χ0v) is 14.2. The van der Waals surface area contributed by atoms with Crippen molar-refractivity contribution in [3.8, 4) is 0 Å². The van der Waals surface area contributed by atoms with Gasteiger partial charge in [-0.1, -0.05) is 12.1 Å². The van der Waals surface area contributed by atoms with Gasteiger partial charge in [-0.2, -0.15) is 13.2 Å². The third-order valence-corrected chi connectivity index (χ3v) is 3.92. The first kappa shape index (κ1) is 21.9. The van der Waals surface area contributed by atoms with Gasteiger partial charge in [-0.15, -0.1) is 0 Å². The van der Waals surface area contributed by atoms with Gasteiger partial charge in [0.2, 0.25) is 5.91 Å². The van der Waals surface area contributed by atoms with Crippen molar-refractivity contribution in [1.29, 1.82) is 0 Å². The summed E-state index contributed by atoms with van der Waals surface area (Å²) in [6, 6.07) is 5.76. The van der Waals surface area contributed by atoms with Crippen molar-refractivity contribution in [2.45, 2.75) is 25.4 Å². The van der Waals surface area contributed by atoms with E-state index in [4.69, 9.17) is 9.90 Å². The second-order valence-corrected chi connectivity index (χ2v) is 5.85. The molecule has 1 aromatic rings. The first-order valence-electron chi connectivity index (χ1n) is 8.14. The van der Waals surface area contributed by atoms with Crippen molar-refractivity contribution in [1.82, 2.24) is 9.80 Å². The summed E-state index contributed by atoms with van der Waals surface area (Å²) in [7, 11) is 0. The highest BCUT2D eigenvalue weighted by atomic mass is 19.4. The average Bonchev–Trinajstić information content (AvgIpc) is 2.81. The Morgan fingerprint density at radius 1 is 1.12 bits per heavy atom. The number of halogens is 4. The average molecular weight is 378 g/mol. The van der Waals surface area contributed by atoms with E-state index in [1.54, 1.807) is 21.9 Å². The molecule has 0 aromatic heterocycles. The van der Waals surface area contributed by atoms with Crippen LogP contribution in [0.15, 0.2) is 24.3 Å². The number of carbonyl (C=O) groups excluding carboxylic acids is 1. The third kappa shape index (κ3) is 8.80. The van der Waals surface area contributed by atoms with Crippen molar-refractivity contribution >= 4 is 12.4 Å². The van der Waals surface area contributed by atoms with Crippen LogP contribution in [0, 0.1) is 5.82 Å². The molecular formula is C17H22F4N2O3. The Bertz CT molecular complexity index is 564. The van der Waals surface area contributed by atoms with E-state index < -0.39 is 12.6 Å². The molecule has 1 aliphatic rings. The Kier molecular flexibility index (Phi) is 9.04. The van der Waals surface area contributed by atoms with Crippen molar-refractivity contribution in [2.24, 2.45) is 0 Å². The number of alkyl halides is 3. The van der Waals surface area contributed by atoms with E-state index in [9.17, 15) is 22.4 Å². The minimum Gasteiger partial charge on any atom is -0.483 e. The van der Waals surface area contributed by atoms with Gasteiger partial charge in [-0.3, -0.25) is 9.59 Å². The fourth-order valence-electron chi connectivity index (χ4n) is 2.62. The molecule has 0 saturated carbocycles. The van der Waals surface area contributed by atoms with Crippen LogP contribution >= 0.6 is 0 Å². The number of carbonyl (C=O) groups is 2. The number of rotatable bonds is 4. The van der Waals surface area contributed by atoms with Gasteiger partial charge >= 0.3 is 6.18 Å². The van der Waals surface area contributed by atoms with Crippen LogP contribution in [0.1, 0.15) is 18.4 Å². The van der Waals surface area contributed by atoms with Crippen LogP contribution in [0.4, 0.5) is 17.6 Å². The highest BCUT2D eigenvalue weighted by Gasteiger charge is 2.28. The molecule has 0 bridgehead atoms. The second kappa shape index (κ2) is 10.7. The molecule has 2 rings (SSSR count). The molecule has 1 amide bonds. The van der Waals surface area contributed by atoms with Crippen LogP contribution in [-0.4, -0.2) is 66.2 Å². The second-order valence-electron chi connectivity index (χ2n) is 5.85. The van der Waals surface area contributed by atoms with Gasteiger partial charge in [-0.25, -0.2) is 4.39 Å². The summed E-state index contributed by atoms with van der Waals surface area (Å²) in [4.78, 5) is 24.0. The Balaban J connectivity index is 0.00000105. The van der Waals surface area contributed by atoms with E-state index in [1.807, 2.05) is 0 Å². The van der Waals surface area contributed by atoms with Gasteiger partial charge in [-0.05, 0) is 30.7 Å². The first-order valence-corrected chi connectivity index (χ1v) is 8.14. The van der Waals surface area contributed by atoms with Crippen LogP contribution in [-0.2, 0) is 16.0 Å². The van der Waals surface area contributed by atoms with Gasteiger partial charge in [0.25, 0.3) is 6.47 Å². The largest absolute Gasteiger partial charge is 0.483 e. The summed E-state index contributed by atoms with van der Waals surface area (Å²) >= 11 is 0. The molecule has 1 heterocycles. The quantitative estimate of drug-likeness (QED) is 0.646. The van der Waals surface area contributed by atoms with Crippen LogP contribution < -0.4 is 0 Å². The normalized spacial score (nSPS) is 15.6. The van der Waals surface area contributed by atoms with E-state index in [2.05, 4.69) is 0 Å². The fraction of sp³-hybridized carbons (Fsp3) is 0.529. The molecular weight excluding hydrogens is 356 g/mol. The zero-order chi connectivity index (χ0) is 19.6. The lowest BCUT2D eigenvalue weighted by atomic mass is 10.1. The molecule has 9 heteroatoms. The molecule has 146 valence electrons. The minimum absolute atomic E-state index is 0.0243. The molecule has 1 saturated heterocycles. The van der Waals surface area contributed by atoms with Crippen molar-refractivity contribution < 1.29 is 32.3 Å². The van der Waals surface area contributed by atoms with Gasteiger partial charge < -0.3 is 14.9 Å². The maximum absolute atomic E-state index is 12.9. The molecule has 0 unspecified atom stereocenters. The number of hydrogen-bond donors (Lipinski definition) is 1. The molecule has 1 fully saturated rings. The monoisotopic (exact) mass is 378 g/mol. The van der Waals surface area contributed by atoms with Crippen molar-refractivity contribution in [2.75, 3.05) is 32.7 Å². The van der Waals surface area contributed by atoms with Crippen LogP contribution in [0.5, 0.6) is 0 Å². The lowest BCUT2D eigenvalue weighted by Gasteiger charge is -2.22. The Hall–Kier alpha value is -2.16. The molecule has 0 radical (unpaired) electrons. The molecule has 1 aromatic carbocycles. The van der Waals surface area contributed by atoms with E-state index in [0.29, 0.717) is 32.6 Å². The predicted molar refractivity (Wildman–Crippen MR) is 87.1 cm³/mol. The van der Waals surface area contributed by atoms with Gasteiger partial charge in [0.1, 0.15) is 5.82 Å². The van der Waals surface area contributed by atoms with Crippen molar-refractivity contribution in [3.63, 3.8) is 0 Å². The smallest absolute Gasteiger partial charge is 0.390 e. The highest BCUT2D eigenvalue weighted by molar-refractivity contribution is 5.78. The molecule has 0 spiro atoms. The van der Waals surface area contributed by atoms with E-state index in [-0.39, 0.29) is 31.2 Å². The van der Waals surface area contributed by atoms with E-state index in [0.717, 1.165) is 5.56 Å². The molecule has 26 heavy (non-hydrogen) atoms. The molecule has 1 aliphatic heterocycles. The summed E-state index contributed by atoms with van der Waals surface area (Å²) in [5, 5.41) is 6.89. The Morgan fingerprint density at radius 2 is 1.73 bits per heavy atom. The molecule has 0 atom stereocenters.